The topological polar surface area (TPSA) is 66.9 Å². The highest BCUT2D eigenvalue weighted by atomic mass is 16.1. The first-order valence-corrected chi connectivity index (χ1v) is 10.2. The van der Waals surface area contributed by atoms with Crippen LogP contribution in [0, 0.1) is 13.8 Å². The van der Waals surface area contributed by atoms with Gasteiger partial charge in [-0.3, -0.25) is 4.79 Å². The predicted octanol–water partition coefficient (Wildman–Crippen LogP) is 5.43. The van der Waals surface area contributed by atoms with Gasteiger partial charge in [-0.05, 0) is 49.7 Å². The number of anilines is 2. The van der Waals surface area contributed by atoms with E-state index in [-0.39, 0.29) is 5.91 Å². The Morgan fingerprint density at radius 2 is 1.65 bits per heavy atom. The van der Waals surface area contributed by atoms with Gasteiger partial charge in [0.2, 0.25) is 0 Å². The third-order valence-corrected chi connectivity index (χ3v) is 4.86. The molecule has 4 rings (SSSR count). The van der Waals surface area contributed by atoms with Crippen LogP contribution in [0.1, 0.15) is 27.0 Å². The van der Waals surface area contributed by atoms with Crippen molar-refractivity contribution >= 4 is 17.4 Å². The number of aromatic nitrogens is 2. The second-order valence-electron chi connectivity index (χ2n) is 7.51. The molecule has 5 heteroatoms. The summed E-state index contributed by atoms with van der Waals surface area (Å²) in [5.74, 6) is 1.21. The second kappa shape index (κ2) is 9.22. The summed E-state index contributed by atoms with van der Waals surface area (Å²) in [5, 5.41) is 6.25. The monoisotopic (exact) mass is 408 g/mol. The molecule has 1 heterocycles. The van der Waals surface area contributed by atoms with Crippen LogP contribution in [0.3, 0.4) is 0 Å². The van der Waals surface area contributed by atoms with Gasteiger partial charge < -0.3 is 10.6 Å². The highest BCUT2D eigenvalue weighted by molar-refractivity contribution is 5.95. The van der Waals surface area contributed by atoms with E-state index in [0.29, 0.717) is 23.8 Å². The molecule has 1 amide bonds. The minimum atomic E-state index is -0.117. The maximum Gasteiger partial charge on any atom is 0.251 e. The first-order valence-electron chi connectivity index (χ1n) is 10.2. The van der Waals surface area contributed by atoms with Crippen molar-refractivity contribution in [3.05, 3.63) is 107 Å². The van der Waals surface area contributed by atoms with Gasteiger partial charge in [-0.1, -0.05) is 59.7 Å². The van der Waals surface area contributed by atoms with Gasteiger partial charge in [0.25, 0.3) is 5.91 Å². The highest BCUT2D eigenvalue weighted by Crippen LogP contribution is 2.20. The highest BCUT2D eigenvalue weighted by Gasteiger charge is 2.08. The van der Waals surface area contributed by atoms with Gasteiger partial charge in [-0.25, -0.2) is 9.97 Å². The third kappa shape index (κ3) is 5.34. The Kier molecular flexibility index (Phi) is 6.03. The molecule has 154 valence electrons. The minimum Gasteiger partial charge on any atom is -0.348 e. The van der Waals surface area contributed by atoms with Crippen LogP contribution in [0.15, 0.2) is 85.1 Å². The molecule has 0 aliphatic heterocycles. The van der Waals surface area contributed by atoms with Crippen LogP contribution >= 0.6 is 0 Å². The lowest BCUT2D eigenvalue weighted by Crippen LogP contribution is -2.22. The number of benzene rings is 3. The number of hydrogen-bond acceptors (Lipinski definition) is 4. The largest absolute Gasteiger partial charge is 0.348 e. The summed E-state index contributed by atoms with van der Waals surface area (Å²) in [5.41, 5.74) is 5.75. The maximum atomic E-state index is 12.6. The molecule has 0 saturated carbocycles. The average molecular weight is 409 g/mol. The van der Waals surface area contributed by atoms with Crippen molar-refractivity contribution in [1.82, 2.24) is 15.3 Å². The summed E-state index contributed by atoms with van der Waals surface area (Å²) in [6, 6.07) is 25.4. The number of nitrogens with one attached hydrogen (secondary N) is 2. The molecule has 0 unspecified atom stereocenters. The van der Waals surface area contributed by atoms with Crippen molar-refractivity contribution in [3.8, 4) is 11.4 Å². The number of nitrogens with zero attached hydrogens (tertiary/aromatic N) is 2. The Labute approximate surface area is 182 Å². The zero-order chi connectivity index (χ0) is 21.6. The van der Waals surface area contributed by atoms with Crippen molar-refractivity contribution in [2.45, 2.75) is 20.4 Å². The molecule has 0 fully saturated rings. The van der Waals surface area contributed by atoms with Crippen LogP contribution in [0.25, 0.3) is 11.4 Å². The number of rotatable bonds is 6. The summed E-state index contributed by atoms with van der Waals surface area (Å²) in [6.07, 6.45) is 1.73. The van der Waals surface area contributed by atoms with Crippen molar-refractivity contribution in [2.24, 2.45) is 0 Å². The number of hydrogen-bond donors (Lipinski definition) is 2. The molecule has 4 aromatic rings. The zero-order valence-corrected chi connectivity index (χ0v) is 17.6. The zero-order valence-electron chi connectivity index (χ0n) is 17.6. The summed E-state index contributed by atoms with van der Waals surface area (Å²) < 4.78 is 0. The van der Waals surface area contributed by atoms with Gasteiger partial charge >= 0.3 is 0 Å². The smallest absolute Gasteiger partial charge is 0.251 e. The minimum absolute atomic E-state index is 0.117. The molecule has 0 bridgehead atoms. The molecule has 31 heavy (non-hydrogen) atoms. The van der Waals surface area contributed by atoms with Crippen LogP contribution < -0.4 is 10.6 Å². The molecule has 1 aromatic heterocycles. The van der Waals surface area contributed by atoms with Crippen molar-refractivity contribution in [2.75, 3.05) is 5.32 Å². The third-order valence-electron chi connectivity index (χ3n) is 4.86. The first-order chi connectivity index (χ1) is 15.1. The van der Waals surface area contributed by atoms with Gasteiger partial charge in [-0.2, -0.15) is 0 Å². The maximum absolute atomic E-state index is 12.6. The average Bonchev–Trinajstić information content (AvgIpc) is 2.78. The Morgan fingerprint density at radius 1 is 0.871 bits per heavy atom. The fourth-order valence-corrected chi connectivity index (χ4v) is 3.34. The molecule has 0 atom stereocenters. The van der Waals surface area contributed by atoms with Crippen LogP contribution in [0.5, 0.6) is 0 Å². The Morgan fingerprint density at radius 3 is 2.45 bits per heavy atom. The molecule has 3 aromatic carbocycles. The van der Waals surface area contributed by atoms with Crippen LogP contribution in [0.4, 0.5) is 11.5 Å². The van der Waals surface area contributed by atoms with Gasteiger partial charge in [0.1, 0.15) is 5.82 Å². The van der Waals surface area contributed by atoms with E-state index in [1.54, 1.807) is 12.3 Å². The Balaban J connectivity index is 1.46. The lowest BCUT2D eigenvalue weighted by atomic mass is 10.1. The second-order valence-corrected chi connectivity index (χ2v) is 7.51. The first kappa shape index (κ1) is 20.3. The standard InChI is InChI=1S/C26H24N4O/c1-18-6-3-8-20(14-18)17-28-26(31)22-10-5-11-23(16-22)29-24-12-13-27-25(30-24)21-9-4-7-19(2)15-21/h3-16H,17H2,1-2H3,(H,28,31)(H,27,29,30). The normalized spacial score (nSPS) is 10.5. The number of carbonyl (C=O) groups excluding carboxylic acids is 1. The molecular formula is C26H24N4O. The van der Waals surface area contributed by atoms with E-state index in [9.17, 15) is 4.79 Å². The van der Waals surface area contributed by atoms with Crippen LogP contribution in [0.2, 0.25) is 0 Å². The van der Waals surface area contributed by atoms with Crippen LogP contribution in [-0.2, 0) is 6.54 Å². The predicted molar refractivity (Wildman–Crippen MR) is 124 cm³/mol. The van der Waals surface area contributed by atoms with E-state index in [0.717, 1.165) is 22.4 Å². The van der Waals surface area contributed by atoms with Crippen molar-refractivity contribution in [3.63, 3.8) is 0 Å². The summed E-state index contributed by atoms with van der Waals surface area (Å²) in [7, 11) is 0. The van der Waals surface area contributed by atoms with Crippen molar-refractivity contribution in [1.29, 1.82) is 0 Å². The number of carbonyl (C=O) groups is 1. The molecule has 2 N–H and O–H groups in total. The molecule has 0 radical (unpaired) electrons. The molecule has 0 aliphatic rings. The van der Waals surface area contributed by atoms with Gasteiger partial charge in [0.15, 0.2) is 5.82 Å². The van der Waals surface area contributed by atoms with E-state index in [1.165, 1.54) is 5.56 Å². The SMILES string of the molecule is Cc1cccc(CNC(=O)c2cccc(Nc3ccnc(-c4cccc(C)c4)n3)c2)c1. The lowest BCUT2D eigenvalue weighted by Gasteiger charge is -2.10. The van der Waals surface area contributed by atoms with E-state index in [4.69, 9.17) is 0 Å². The molecular weight excluding hydrogens is 384 g/mol. The Hall–Kier alpha value is -3.99. The van der Waals surface area contributed by atoms with E-state index >= 15 is 0 Å². The Bertz CT molecular complexity index is 1220. The lowest BCUT2D eigenvalue weighted by molar-refractivity contribution is 0.0951. The number of amides is 1. The molecule has 0 spiro atoms. The van der Waals surface area contributed by atoms with Gasteiger partial charge in [0, 0.05) is 29.6 Å². The molecule has 5 nitrogen and oxygen atoms in total. The van der Waals surface area contributed by atoms with Gasteiger partial charge in [-0.15, -0.1) is 0 Å². The quantitative estimate of drug-likeness (QED) is 0.446. The van der Waals surface area contributed by atoms with E-state index in [1.807, 2.05) is 74.5 Å². The van der Waals surface area contributed by atoms with E-state index < -0.39 is 0 Å². The summed E-state index contributed by atoms with van der Waals surface area (Å²) in [4.78, 5) is 21.6. The number of aryl methyl sites for hydroxylation is 2. The summed E-state index contributed by atoms with van der Waals surface area (Å²) >= 11 is 0. The van der Waals surface area contributed by atoms with Crippen LogP contribution in [-0.4, -0.2) is 15.9 Å². The molecule has 0 saturated heterocycles. The van der Waals surface area contributed by atoms with Crippen molar-refractivity contribution < 1.29 is 4.79 Å². The summed E-state index contributed by atoms with van der Waals surface area (Å²) in [6.45, 7) is 4.57. The fourth-order valence-electron chi connectivity index (χ4n) is 3.34. The van der Waals surface area contributed by atoms with Gasteiger partial charge in [0.05, 0.1) is 0 Å². The molecule has 0 aliphatic carbocycles. The fraction of sp³-hybridized carbons (Fsp3) is 0.115. The van der Waals surface area contributed by atoms with E-state index in [2.05, 4.69) is 32.7 Å².